The van der Waals surface area contributed by atoms with Crippen LogP contribution in [-0.2, 0) is 0 Å². The fraction of sp³-hybridized carbons (Fsp3) is 0.333. The molecule has 1 atom stereocenters. The molecular weight excluding hydrogens is 174 g/mol. The Kier molecular flexibility index (Phi) is 4.05. The minimum absolute atomic E-state index is 0.0788. The van der Waals surface area contributed by atoms with Crippen molar-refractivity contribution in [3.8, 4) is 0 Å². The predicted octanol–water partition coefficient (Wildman–Crippen LogP) is 2.87. The van der Waals surface area contributed by atoms with Crippen LogP contribution in [0, 0.1) is 5.92 Å². The third-order valence-electron chi connectivity index (χ3n) is 1.99. The molecule has 0 radical (unpaired) electrons. The number of aromatic nitrogens is 1. The van der Waals surface area contributed by atoms with E-state index >= 15 is 0 Å². The quantitative estimate of drug-likeness (QED) is 0.538. The molecule has 0 saturated carbocycles. The Morgan fingerprint density at radius 2 is 2.36 bits per heavy atom. The third kappa shape index (κ3) is 2.80. The monoisotopic (exact) mass is 189 g/mol. The summed E-state index contributed by atoms with van der Waals surface area (Å²) in [6, 6.07) is 5.39. The van der Waals surface area contributed by atoms with Crippen LogP contribution in [0.3, 0.4) is 0 Å². The van der Waals surface area contributed by atoms with Crippen LogP contribution < -0.4 is 0 Å². The highest BCUT2D eigenvalue weighted by Crippen LogP contribution is 2.07. The zero-order valence-corrected chi connectivity index (χ0v) is 8.60. The zero-order chi connectivity index (χ0) is 10.4. The van der Waals surface area contributed by atoms with Gasteiger partial charge in [0.2, 0.25) is 0 Å². The highest BCUT2D eigenvalue weighted by molar-refractivity contribution is 5.96. The van der Waals surface area contributed by atoms with E-state index in [2.05, 4.69) is 11.9 Å². The van der Waals surface area contributed by atoms with E-state index in [4.69, 9.17) is 0 Å². The molecule has 0 N–H and O–H groups in total. The van der Waals surface area contributed by atoms with E-state index in [0.717, 1.165) is 6.42 Å². The van der Waals surface area contributed by atoms with E-state index in [-0.39, 0.29) is 11.7 Å². The van der Waals surface area contributed by atoms with Gasteiger partial charge in [-0.25, -0.2) is 0 Å². The van der Waals surface area contributed by atoms with Crippen molar-refractivity contribution in [1.29, 1.82) is 0 Å². The highest BCUT2D eigenvalue weighted by Gasteiger charge is 2.12. The Bertz CT molecular complexity index is 316. The van der Waals surface area contributed by atoms with Gasteiger partial charge in [0.15, 0.2) is 5.78 Å². The van der Waals surface area contributed by atoms with E-state index in [1.165, 1.54) is 0 Å². The molecule has 1 aromatic rings. The molecule has 0 aliphatic carbocycles. The largest absolute Gasteiger partial charge is 0.292 e. The number of hydrogen-bond acceptors (Lipinski definition) is 2. The molecule has 0 aliphatic heterocycles. The number of carbonyl (C=O) groups is 1. The van der Waals surface area contributed by atoms with Gasteiger partial charge in [-0.1, -0.05) is 32.1 Å². The van der Waals surface area contributed by atoms with Crippen LogP contribution in [-0.4, -0.2) is 10.8 Å². The number of allylic oxidation sites excluding steroid dienone is 2. The summed E-state index contributed by atoms with van der Waals surface area (Å²) >= 11 is 0. The van der Waals surface area contributed by atoms with Gasteiger partial charge < -0.3 is 0 Å². The maximum atomic E-state index is 11.7. The molecule has 0 saturated heterocycles. The minimum Gasteiger partial charge on any atom is -0.292 e. The zero-order valence-electron chi connectivity index (χ0n) is 8.60. The topological polar surface area (TPSA) is 30.0 Å². The standard InChI is InChI=1S/C12H15NO/c1-3-4-7-10(2)12(14)11-8-5-6-9-13-11/h4-10H,3H2,1-2H3/b7-4+/t10-/m0/s1. The van der Waals surface area contributed by atoms with Crippen molar-refractivity contribution in [2.45, 2.75) is 20.3 Å². The van der Waals surface area contributed by atoms with Crippen LogP contribution in [0.25, 0.3) is 0 Å². The van der Waals surface area contributed by atoms with Crippen molar-refractivity contribution < 1.29 is 4.79 Å². The predicted molar refractivity (Wildman–Crippen MR) is 57.2 cm³/mol. The lowest BCUT2D eigenvalue weighted by Crippen LogP contribution is -2.10. The van der Waals surface area contributed by atoms with E-state index < -0.39 is 0 Å². The van der Waals surface area contributed by atoms with Crippen molar-refractivity contribution in [2.75, 3.05) is 0 Å². The second-order valence-corrected chi connectivity index (χ2v) is 3.20. The molecule has 0 unspecified atom stereocenters. The highest BCUT2D eigenvalue weighted by atomic mass is 16.1. The first kappa shape index (κ1) is 10.6. The van der Waals surface area contributed by atoms with Gasteiger partial charge in [-0.15, -0.1) is 0 Å². The Morgan fingerprint density at radius 3 is 2.93 bits per heavy atom. The summed E-state index contributed by atoms with van der Waals surface area (Å²) in [5.41, 5.74) is 0.542. The molecule has 2 nitrogen and oxygen atoms in total. The van der Waals surface area contributed by atoms with Gasteiger partial charge in [0.25, 0.3) is 0 Å². The Balaban J connectivity index is 2.71. The average Bonchev–Trinajstić information content (AvgIpc) is 2.26. The lowest BCUT2D eigenvalue weighted by atomic mass is 10.0. The van der Waals surface area contributed by atoms with Crippen LogP contribution in [0.15, 0.2) is 36.5 Å². The Labute approximate surface area is 84.7 Å². The van der Waals surface area contributed by atoms with E-state index in [1.807, 2.05) is 31.2 Å². The molecule has 0 spiro atoms. The minimum atomic E-state index is -0.0788. The van der Waals surface area contributed by atoms with Gasteiger partial charge in [0.1, 0.15) is 5.69 Å². The number of rotatable bonds is 4. The van der Waals surface area contributed by atoms with Gasteiger partial charge >= 0.3 is 0 Å². The molecule has 1 heterocycles. The second-order valence-electron chi connectivity index (χ2n) is 3.20. The molecule has 0 fully saturated rings. The number of ketones is 1. The van der Waals surface area contributed by atoms with E-state index in [9.17, 15) is 4.79 Å². The van der Waals surface area contributed by atoms with Gasteiger partial charge in [0, 0.05) is 12.1 Å². The maximum Gasteiger partial charge on any atom is 0.187 e. The fourth-order valence-electron chi connectivity index (χ4n) is 1.17. The molecule has 0 bridgehead atoms. The maximum absolute atomic E-state index is 11.7. The second kappa shape index (κ2) is 5.32. The van der Waals surface area contributed by atoms with Crippen LogP contribution in [0.5, 0.6) is 0 Å². The SMILES string of the molecule is CC/C=C/[C@H](C)C(=O)c1ccccn1. The number of hydrogen-bond donors (Lipinski definition) is 0. The third-order valence-corrected chi connectivity index (χ3v) is 1.99. The number of pyridine rings is 1. The molecule has 14 heavy (non-hydrogen) atoms. The lowest BCUT2D eigenvalue weighted by molar-refractivity contribution is 0.0948. The van der Waals surface area contributed by atoms with Gasteiger partial charge in [-0.3, -0.25) is 9.78 Å². The molecule has 0 aromatic carbocycles. The van der Waals surface area contributed by atoms with Gasteiger partial charge in [0.05, 0.1) is 0 Å². The molecule has 1 aromatic heterocycles. The summed E-state index contributed by atoms with van der Waals surface area (Å²) in [6.45, 7) is 3.94. The van der Waals surface area contributed by atoms with Crippen molar-refractivity contribution in [3.05, 3.63) is 42.2 Å². The van der Waals surface area contributed by atoms with Crippen molar-refractivity contribution in [3.63, 3.8) is 0 Å². The first-order valence-electron chi connectivity index (χ1n) is 4.87. The van der Waals surface area contributed by atoms with Crippen LogP contribution in [0.4, 0.5) is 0 Å². The van der Waals surface area contributed by atoms with E-state index in [0.29, 0.717) is 5.69 Å². The smallest absolute Gasteiger partial charge is 0.187 e. The molecular formula is C12H15NO. The van der Waals surface area contributed by atoms with Gasteiger partial charge in [-0.05, 0) is 18.6 Å². The van der Waals surface area contributed by atoms with Crippen molar-refractivity contribution >= 4 is 5.78 Å². The number of nitrogens with zero attached hydrogens (tertiary/aromatic N) is 1. The van der Waals surface area contributed by atoms with Crippen LogP contribution in [0.2, 0.25) is 0 Å². The molecule has 2 heteroatoms. The van der Waals surface area contributed by atoms with Crippen LogP contribution >= 0.6 is 0 Å². The van der Waals surface area contributed by atoms with Crippen LogP contribution in [0.1, 0.15) is 30.8 Å². The summed E-state index contributed by atoms with van der Waals surface area (Å²) < 4.78 is 0. The first-order valence-corrected chi connectivity index (χ1v) is 4.87. The number of carbonyl (C=O) groups excluding carboxylic acids is 1. The molecule has 1 rings (SSSR count). The Morgan fingerprint density at radius 1 is 1.57 bits per heavy atom. The number of Topliss-reactive ketones (excluding diaryl/α,β-unsaturated/α-hetero) is 1. The van der Waals surface area contributed by atoms with E-state index in [1.54, 1.807) is 12.3 Å². The normalized spacial score (nSPS) is 13.0. The summed E-state index contributed by atoms with van der Waals surface area (Å²) in [7, 11) is 0. The molecule has 74 valence electrons. The molecule has 0 amide bonds. The average molecular weight is 189 g/mol. The van der Waals surface area contributed by atoms with Crippen molar-refractivity contribution in [1.82, 2.24) is 4.98 Å². The summed E-state index contributed by atoms with van der Waals surface area (Å²) in [6.07, 6.45) is 6.53. The summed E-state index contributed by atoms with van der Waals surface area (Å²) in [5.74, 6) is 0.000139. The summed E-state index contributed by atoms with van der Waals surface area (Å²) in [5, 5.41) is 0. The first-order chi connectivity index (χ1) is 6.75. The summed E-state index contributed by atoms with van der Waals surface area (Å²) in [4.78, 5) is 15.8. The van der Waals surface area contributed by atoms with Crippen molar-refractivity contribution in [2.24, 2.45) is 5.92 Å². The van der Waals surface area contributed by atoms with Gasteiger partial charge in [-0.2, -0.15) is 0 Å². The fourth-order valence-corrected chi connectivity index (χ4v) is 1.17. The Hall–Kier alpha value is -1.44. The lowest BCUT2D eigenvalue weighted by Gasteiger charge is -2.03. The molecule has 0 aliphatic rings.